The molecular weight excluding hydrogens is 261 g/mol. The Morgan fingerprint density at radius 1 is 1.32 bits per heavy atom. The number of nitriles is 1. The van der Waals surface area contributed by atoms with Crippen LogP contribution in [0, 0.1) is 21.4 Å². The number of hydrogen-bond donors (Lipinski definition) is 0. The van der Waals surface area contributed by atoms with Gasteiger partial charge in [0.25, 0.3) is 5.69 Å². The second kappa shape index (κ2) is 4.23. The fraction of sp³-hybridized carbons (Fsp3) is 0.417. The Bertz CT molecular complexity index is 571. The van der Waals surface area contributed by atoms with E-state index in [9.17, 15) is 23.3 Å². The molecule has 0 unspecified atom stereocenters. The van der Waals surface area contributed by atoms with Gasteiger partial charge in [-0.05, 0) is 30.9 Å². The lowest BCUT2D eigenvalue weighted by molar-refractivity contribution is -0.385. The fourth-order valence-corrected chi connectivity index (χ4v) is 2.15. The molecule has 0 aliphatic heterocycles. The van der Waals surface area contributed by atoms with Crippen molar-refractivity contribution in [1.82, 2.24) is 0 Å². The van der Waals surface area contributed by atoms with E-state index in [-0.39, 0.29) is 5.56 Å². The summed E-state index contributed by atoms with van der Waals surface area (Å²) >= 11 is 0. The molecule has 0 saturated heterocycles. The zero-order valence-electron chi connectivity index (χ0n) is 9.70. The Kier molecular flexibility index (Phi) is 2.97. The Hall–Kier alpha value is -2.10. The maximum absolute atomic E-state index is 12.7. The van der Waals surface area contributed by atoms with Gasteiger partial charge in [0.05, 0.1) is 22.0 Å². The highest BCUT2D eigenvalue weighted by molar-refractivity contribution is 5.47. The van der Waals surface area contributed by atoms with Crippen LogP contribution in [0.2, 0.25) is 0 Å². The van der Waals surface area contributed by atoms with E-state index in [1.54, 1.807) is 0 Å². The van der Waals surface area contributed by atoms with Gasteiger partial charge in [0.2, 0.25) is 0 Å². The van der Waals surface area contributed by atoms with Crippen molar-refractivity contribution in [3.05, 3.63) is 39.4 Å². The molecule has 2 rings (SSSR count). The first kappa shape index (κ1) is 13.3. The number of benzene rings is 1. The SMILES string of the molecule is N#CC1(c2cc([N+](=O)[O-])cc(C(F)(F)F)c2)CCC1. The van der Waals surface area contributed by atoms with Crippen molar-refractivity contribution >= 4 is 5.69 Å². The van der Waals surface area contributed by atoms with Crippen LogP contribution in [0.3, 0.4) is 0 Å². The number of nitrogens with zero attached hydrogens (tertiary/aromatic N) is 2. The summed E-state index contributed by atoms with van der Waals surface area (Å²) in [5, 5.41) is 19.8. The van der Waals surface area contributed by atoms with Crippen LogP contribution in [0.5, 0.6) is 0 Å². The van der Waals surface area contributed by atoms with Crippen molar-refractivity contribution in [3.63, 3.8) is 0 Å². The van der Waals surface area contributed by atoms with Gasteiger partial charge >= 0.3 is 6.18 Å². The first-order chi connectivity index (χ1) is 8.78. The molecular formula is C12H9F3N2O2. The molecule has 7 heteroatoms. The van der Waals surface area contributed by atoms with Gasteiger partial charge in [-0.25, -0.2) is 0 Å². The molecule has 1 aliphatic rings. The van der Waals surface area contributed by atoms with Gasteiger partial charge in [0, 0.05) is 12.1 Å². The van der Waals surface area contributed by atoms with Gasteiger partial charge in [0.1, 0.15) is 0 Å². The zero-order chi connectivity index (χ0) is 14.3. The number of nitro groups is 1. The Labute approximate surface area is 106 Å². The molecule has 1 aromatic rings. The molecule has 0 atom stereocenters. The summed E-state index contributed by atoms with van der Waals surface area (Å²) in [5.74, 6) is 0. The predicted octanol–water partition coefficient (Wildman–Crippen LogP) is 3.56. The molecule has 0 radical (unpaired) electrons. The highest BCUT2D eigenvalue weighted by Gasteiger charge is 2.42. The van der Waals surface area contributed by atoms with E-state index in [2.05, 4.69) is 0 Å². The molecule has 100 valence electrons. The van der Waals surface area contributed by atoms with Crippen LogP contribution in [0.25, 0.3) is 0 Å². The molecule has 0 aromatic heterocycles. The van der Waals surface area contributed by atoms with Gasteiger partial charge in [-0.1, -0.05) is 0 Å². The summed E-state index contributed by atoms with van der Waals surface area (Å²) in [7, 11) is 0. The maximum atomic E-state index is 12.7. The smallest absolute Gasteiger partial charge is 0.258 e. The minimum Gasteiger partial charge on any atom is -0.258 e. The van der Waals surface area contributed by atoms with E-state index in [4.69, 9.17) is 5.26 Å². The van der Waals surface area contributed by atoms with E-state index >= 15 is 0 Å². The summed E-state index contributed by atoms with van der Waals surface area (Å²) in [6.07, 6.45) is -3.07. The van der Waals surface area contributed by atoms with Gasteiger partial charge in [-0.3, -0.25) is 10.1 Å². The second-order valence-electron chi connectivity index (χ2n) is 4.57. The van der Waals surface area contributed by atoms with E-state index in [1.165, 1.54) is 0 Å². The molecule has 1 saturated carbocycles. The molecule has 0 heterocycles. The van der Waals surface area contributed by atoms with Crippen molar-refractivity contribution in [2.45, 2.75) is 30.9 Å². The number of nitro benzene ring substituents is 1. The van der Waals surface area contributed by atoms with Gasteiger partial charge in [0.15, 0.2) is 0 Å². The van der Waals surface area contributed by atoms with E-state index in [0.717, 1.165) is 18.6 Å². The van der Waals surface area contributed by atoms with Crippen LogP contribution in [-0.4, -0.2) is 4.92 Å². The molecule has 19 heavy (non-hydrogen) atoms. The highest BCUT2D eigenvalue weighted by Crippen LogP contribution is 2.45. The van der Waals surface area contributed by atoms with Gasteiger partial charge < -0.3 is 0 Å². The average molecular weight is 270 g/mol. The van der Waals surface area contributed by atoms with Crippen LogP contribution >= 0.6 is 0 Å². The molecule has 0 spiro atoms. The summed E-state index contributed by atoms with van der Waals surface area (Å²) in [6, 6.07) is 4.39. The quantitative estimate of drug-likeness (QED) is 0.609. The van der Waals surface area contributed by atoms with Crippen molar-refractivity contribution in [2.24, 2.45) is 0 Å². The summed E-state index contributed by atoms with van der Waals surface area (Å²) in [5.41, 5.74) is -2.64. The number of halogens is 3. The first-order valence-corrected chi connectivity index (χ1v) is 5.57. The molecule has 1 aromatic carbocycles. The zero-order valence-corrected chi connectivity index (χ0v) is 9.70. The largest absolute Gasteiger partial charge is 0.416 e. The molecule has 1 aliphatic carbocycles. The minimum absolute atomic E-state index is 0.0859. The minimum atomic E-state index is -4.67. The number of hydrogen-bond acceptors (Lipinski definition) is 3. The normalized spacial score (nSPS) is 17.4. The van der Waals surface area contributed by atoms with E-state index in [0.29, 0.717) is 18.9 Å². The monoisotopic (exact) mass is 270 g/mol. The average Bonchev–Trinajstić information content (AvgIpc) is 2.26. The van der Waals surface area contributed by atoms with E-state index in [1.807, 2.05) is 6.07 Å². The van der Waals surface area contributed by atoms with Crippen molar-refractivity contribution in [3.8, 4) is 6.07 Å². The lowest BCUT2D eigenvalue weighted by atomic mass is 9.65. The molecule has 0 bridgehead atoms. The van der Waals surface area contributed by atoms with Crippen LogP contribution in [0.1, 0.15) is 30.4 Å². The predicted molar refractivity (Wildman–Crippen MR) is 59.2 cm³/mol. The van der Waals surface area contributed by atoms with Gasteiger partial charge in [-0.2, -0.15) is 18.4 Å². The van der Waals surface area contributed by atoms with Gasteiger partial charge in [-0.15, -0.1) is 0 Å². The number of rotatable bonds is 2. The summed E-state index contributed by atoms with van der Waals surface area (Å²) in [6.45, 7) is 0. The van der Waals surface area contributed by atoms with Crippen molar-refractivity contribution in [2.75, 3.05) is 0 Å². The molecule has 0 amide bonds. The second-order valence-corrected chi connectivity index (χ2v) is 4.57. The van der Waals surface area contributed by atoms with E-state index < -0.39 is 27.8 Å². The van der Waals surface area contributed by atoms with Crippen molar-refractivity contribution in [1.29, 1.82) is 5.26 Å². The third-order valence-electron chi connectivity index (χ3n) is 3.43. The van der Waals surface area contributed by atoms with Crippen LogP contribution in [0.15, 0.2) is 18.2 Å². The molecule has 4 nitrogen and oxygen atoms in total. The van der Waals surface area contributed by atoms with Crippen molar-refractivity contribution < 1.29 is 18.1 Å². The highest BCUT2D eigenvalue weighted by atomic mass is 19.4. The number of non-ortho nitro benzene ring substituents is 1. The fourth-order valence-electron chi connectivity index (χ4n) is 2.15. The Morgan fingerprint density at radius 2 is 1.95 bits per heavy atom. The van der Waals surface area contributed by atoms with Crippen LogP contribution in [0.4, 0.5) is 18.9 Å². The third-order valence-corrected chi connectivity index (χ3v) is 3.43. The Balaban J connectivity index is 2.59. The lowest BCUT2D eigenvalue weighted by Crippen LogP contribution is -2.32. The summed E-state index contributed by atoms with van der Waals surface area (Å²) < 4.78 is 38.2. The van der Waals surface area contributed by atoms with Crippen LogP contribution in [-0.2, 0) is 11.6 Å². The standard InChI is InChI=1S/C12H9F3N2O2/c13-12(14,15)9-4-8(5-10(6-9)17(18)19)11(7-16)2-1-3-11/h4-6H,1-3H2. The lowest BCUT2D eigenvalue weighted by Gasteiger charge is -2.35. The molecule has 0 N–H and O–H groups in total. The summed E-state index contributed by atoms with van der Waals surface area (Å²) in [4.78, 5) is 9.84. The third kappa shape index (κ3) is 2.26. The Morgan fingerprint density at radius 3 is 2.32 bits per heavy atom. The van der Waals surface area contributed by atoms with Crippen LogP contribution < -0.4 is 0 Å². The first-order valence-electron chi connectivity index (χ1n) is 5.57. The topological polar surface area (TPSA) is 66.9 Å². The number of alkyl halides is 3. The maximum Gasteiger partial charge on any atom is 0.416 e. The molecule has 1 fully saturated rings.